The number of carbonyl (C=O) groups is 1. The molecule has 11 heteroatoms. The zero-order valence-corrected chi connectivity index (χ0v) is 17.4. The second-order valence-corrected chi connectivity index (χ2v) is 9.39. The fourth-order valence-electron chi connectivity index (χ4n) is 2.61. The number of aliphatic hydroxyl groups excluding tert-OH is 3. The van der Waals surface area contributed by atoms with Gasteiger partial charge in [0.25, 0.3) is 10.1 Å². The molecular formula is C18H27NO9S. The highest BCUT2D eigenvalue weighted by atomic mass is 32.2. The number of alkyl carbamates (subject to hydrolysis) is 1. The second-order valence-electron chi connectivity index (χ2n) is 7.77. The van der Waals surface area contributed by atoms with Crippen molar-refractivity contribution < 1.29 is 42.2 Å². The quantitative estimate of drug-likeness (QED) is 0.471. The molecule has 10 nitrogen and oxygen atoms in total. The van der Waals surface area contributed by atoms with Crippen LogP contribution in [0.3, 0.4) is 0 Å². The number of aliphatic hydroxyl groups is 3. The third-order valence-electron chi connectivity index (χ3n) is 4.10. The van der Waals surface area contributed by atoms with Crippen LogP contribution in [0.5, 0.6) is 0 Å². The summed E-state index contributed by atoms with van der Waals surface area (Å²) in [4.78, 5) is 11.8. The minimum Gasteiger partial charge on any atom is -0.444 e. The summed E-state index contributed by atoms with van der Waals surface area (Å²) >= 11 is 0. The maximum absolute atomic E-state index is 12.2. The van der Waals surface area contributed by atoms with Crippen LogP contribution in [0.4, 0.5) is 4.79 Å². The zero-order chi connectivity index (χ0) is 22.0. The van der Waals surface area contributed by atoms with Crippen molar-refractivity contribution >= 4 is 16.2 Å². The topological polar surface area (TPSA) is 152 Å². The standard InChI is InChI=1S/C18H27NO9S/c1-10-5-7-11(8-6-10)29(24,25)26-9-12-14(20)15(21)13(16(22)27-12)19-17(23)28-18(2,3)4/h5-8,12-16,20-22H,9H2,1-4H3,(H,19,23)/t12-,13-,14-,15-,16?/m1/s1. The molecule has 5 atom stereocenters. The van der Waals surface area contributed by atoms with E-state index >= 15 is 0 Å². The molecule has 1 aromatic carbocycles. The highest BCUT2D eigenvalue weighted by Crippen LogP contribution is 2.22. The van der Waals surface area contributed by atoms with Crippen LogP contribution in [0.1, 0.15) is 26.3 Å². The third kappa shape index (κ3) is 6.36. The lowest BCUT2D eigenvalue weighted by Gasteiger charge is -2.40. The van der Waals surface area contributed by atoms with Gasteiger partial charge in [-0.15, -0.1) is 0 Å². The Kier molecular flexibility index (Phi) is 7.25. The molecule has 29 heavy (non-hydrogen) atoms. The maximum Gasteiger partial charge on any atom is 0.408 e. The molecule has 4 N–H and O–H groups in total. The first-order valence-electron chi connectivity index (χ1n) is 8.95. The van der Waals surface area contributed by atoms with Crippen LogP contribution in [0, 0.1) is 6.92 Å². The van der Waals surface area contributed by atoms with E-state index in [1.807, 2.05) is 0 Å². The van der Waals surface area contributed by atoms with Crippen molar-refractivity contribution in [1.82, 2.24) is 5.32 Å². The summed E-state index contributed by atoms with van der Waals surface area (Å²) in [6.45, 7) is 6.05. The molecule has 1 amide bonds. The van der Waals surface area contributed by atoms with E-state index in [9.17, 15) is 28.5 Å². The Morgan fingerprint density at radius 2 is 1.72 bits per heavy atom. The van der Waals surface area contributed by atoms with Crippen LogP contribution in [-0.4, -0.2) is 72.7 Å². The van der Waals surface area contributed by atoms with Gasteiger partial charge in [-0.25, -0.2) is 4.79 Å². The molecule has 1 saturated heterocycles. The van der Waals surface area contributed by atoms with E-state index in [4.69, 9.17) is 13.7 Å². The number of aryl methyl sites for hydroxylation is 1. The number of carbonyl (C=O) groups excluding carboxylic acids is 1. The molecule has 0 radical (unpaired) electrons. The average molecular weight is 433 g/mol. The zero-order valence-electron chi connectivity index (χ0n) is 16.6. The van der Waals surface area contributed by atoms with Crippen molar-refractivity contribution in [1.29, 1.82) is 0 Å². The Bertz CT molecular complexity index is 804. The van der Waals surface area contributed by atoms with Gasteiger partial charge in [-0.2, -0.15) is 8.42 Å². The summed E-state index contributed by atoms with van der Waals surface area (Å²) in [5.74, 6) is 0. The number of nitrogens with one attached hydrogen (secondary N) is 1. The molecule has 0 bridgehead atoms. The number of amides is 1. The van der Waals surface area contributed by atoms with E-state index in [1.54, 1.807) is 39.8 Å². The maximum atomic E-state index is 12.2. The van der Waals surface area contributed by atoms with Crippen molar-refractivity contribution in [2.45, 2.75) is 68.8 Å². The molecule has 0 aromatic heterocycles. The first kappa shape index (κ1) is 23.5. The molecule has 0 saturated carbocycles. The van der Waals surface area contributed by atoms with Crippen LogP contribution in [0.15, 0.2) is 29.2 Å². The highest BCUT2D eigenvalue weighted by molar-refractivity contribution is 7.86. The average Bonchev–Trinajstić information content (AvgIpc) is 2.59. The summed E-state index contributed by atoms with van der Waals surface area (Å²) < 4.78 is 39.6. The molecule has 1 unspecified atom stereocenters. The summed E-state index contributed by atoms with van der Waals surface area (Å²) in [6, 6.07) is 4.55. The molecule has 0 spiro atoms. The van der Waals surface area contributed by atoms with Crippen LogP contribution in [-0.2, 0) is 23.8 Å². The number of benzene rings is 1. The Morgan fingerprint density at radius 1 is 1.14 bits per heavy atom. The van der Waals surface area contributed by atoms with Gasteiger partial charge in [0, 0.05) is 0 Å². The van der Waals surface area contributed by atoms with E-state index in [1.165, 1.54) is 12.1 Å². The SMILES string of the molecule is Cc1ccc(S(=O)(=O)OC[C@H]2OC(O)[C@H](NC(=O)OC(C)(C)C)[C@@H](O)[C@@H]2O)cc1. The van der Waals surface area contributed by atoms with Gasteiger partial charge in [0.2, 0.25) is 0 Å². The number of hydrogen-bond donors (Lipinski definition) is 4. The van der Waals surface area contributed by atoms with Gasteiger partial charge < -0.3 is 30.1 Å². The van der Waals surface area contributed by atoms with Crippen molar-refractivity contribution in [2.75, 3.05) is 6.61 Å². The predicted molar refractivity (Wildman–Crippen MR) is 100 cm³/mol. The predicted octanol–water partition coefficient (Wildman–Crippen LogP) is 0.0326. The van der Waals surface area contributed by atoms with Crippen LogP contribution in [0.2, 0.25) is 0 Å². The Morgan fingerprint density at radius 3 is 2.28 bits per heavy atom. The fraction of sp³-hybridized carbons (Fsp3) is 0.611. The van der Waals surface area contributed by atoms with Gasteiger partial charge in [-0.05, 0) is 39.8 Å². The normalized spacial score (nSPS) is 28.0. The Balaban J connectivity index is 1.99. The highest BCUT2D eigenvalue weighted by Gasteiger charge is 2.45. The van der Waals surface area contributed by atoms with Crippen molar-refractivity contribution in [3.63, 3.8) is 0 Å². The lowest BCUT2D eigenvalue weighted by molar-refractivity contribution is -0.251. The molecule has 1 fully saturated rings. The van der Waals surface area contributed by atoms with Crippen LogP contribution < -0.4 is 5.32 Å². The number of rotatable bonds is 5. The molecule has 1 aliphatic rings. The molecular weight excluding hydrogens is 406 g/mol. The van der Waals surface area contributed by atoms with E-state index in [0.717, 1.165) is 5.56 Å². The summed E-state index contributed by atoms with van der Waals surface area (Å²) in [6.07, 6.45) is -7.28. The molecule has 2 rings (SSSR count). The fourth-order valence-corrected chi connectivity index (χ4v) is 3.53. The lowest BCUT2D eigenvalue weighted by atomic mass is 9.97. The van der Waals surface area contributed by atoms with Gasteiger partial charge in [0.1, 0.15) is 30.0 Å². The van der Waals surface area contributed by atoms with Crippen LogP contribution >= 0.6 is 0 Å². The minimum absolute atomic E-state index is 0.0843. The van der Waals surface area contributed by atoms with Gasteiger partial charge in [-0.3, -0.25) is 4.18 Å². The lowest BCUT2D eigenvalue weighted by Crippen LogP contribution is -2.64. The monoisotopic (exact) mass is 433 g/mol. The smallest absolute Gasteiger partial charge is 0.408 e. The van der Waals surface area contributed by atoms with Crippen LogP contribution in [0.25, 0.3) is 0 Å². The number of hydrogen-bond acceptors (Lipinski definition) is 9. The summed E-state index contributed by atoms with van der Waals surface area (Å²) in [5.41, 5.74) is 0.0548. The first-order chi connectivity index (χ1) is 13.3. The molecule has 0 aliphatic carbocycles. The van der Waals surface area contributed by atoms with Crippen molar-refractivity contribution in [3.05, 3.63) is 29.8 Å². The largest absolute Gasteiger partial charge is 0.444 e. The van der Waals surface area contributed by atoms with Gasteiger partial charge in [-0.1, -0.05) is 17.7 Å². The second kappa shape index (κ2) is 8.94. The molecule has 1 aliphatic heterocycles. The first-order valence-corrected chi connectivity index (χ1v) is 10.4. The van der Waals surface area contributed by atoms with Crippen molar-refractivity contribution in [3.8, 4) is 0 Å². The van der Waals surface area contributed by atoms with Crippen molar-refractivity contribution in [2.24, 2.45) is 0 Å². The van der Waals surface area contributed by atoms with E-state index in [2.05, 4.69) is 5.32 Å². The molecule has 1 aromatic rings. The Hall–Kier alpha value is -1.76. The summed E-state index contributed by atoms with van der Waals surface area (Å²) in [5, 5.41) is 32.8. The van der Waals surface area contributed by atoms with E-state index in [0.29, 0.717) is 0 Å². The van der Waals surface area contributed by atoms with Gasteiger partial charge in [0.05, 0.1) is 11.5 Å². The summed E-state index contributed by atoms with van der Waals surface area (Å²) in [7, 11) is -4.13. The Labute approximate surface area is 169 Å². The van der Waals surface area contributed by atoms with E-state index < -0.39 is 59.1 Å². The van der Waals surface area contributed by atoms with E-state index in [-0.39, 0.29) is 4.90 Å². The molecule has 1 heterocycles. The third-order valence-corrected chi connectivity index (χ3v) is 5.40. The number of ether oxygens (including phenoxy) is 2. The van der Waals surface area contributed by atoms with Gasteiger partial charge in [0.15, 0.2) is 6.29 Å². The van der Waals surface area contributed by atoms with Gasteiger partial charge >= 0.3 is 6.09 Å². The molecule has 164 valence electrons. The minimum atomic E-state index is -4.13.